The zero-order valence-corrected chi connectivity index (χ0v) is 19.8. The number of rotatable bonds is 4. The van der Waals surface area contributed by atoms with Gasteiger partial charge in [-0.3, -0.25) is 9.69 Å². The molecular weight excluding hydrogens is 530 g/mol. The van der Waals surface area contributed by atoms with E-state index >= 15 is 0 Å². The summed E-state index contributed by atoms with van der Waals surface area (Å²) in [5.41, 5.74) is -0.135. The number of likely N-dealkylation sites (tertiary alicyclic amines) is 1. The van der Waals surface area contributed by atoms with Gasteiger partial charge in [0.25, 0.3) is 5.91 Å². The van der Waals surface area contributed by atoms with Crippen molar-refractivity contribution in [3.63, 3.8) is 0 Å². The van der Waals surface area contributed by atoms with Crippen LogP contribution >= 0.6 is 0 Å². The van der Waals surface area contributed by atoms with Crippen LogP contribution < -0.4 is 5.32 Å². The second-order valence-corrected chi connectivity index (χ2v) is 9.38. The lowest BCUT2D eigenvalue weighted by Gasteiger charge is -2.44. The number of benzene rings is 2. The molecule has 0 aliphatic carbocycles. The number of amides is 1. The highest BCUT2D eigenvalue weighted by molar-refractivity contribution is 5.97. The van der Waals surface area contributed by atoms with Gasteiger partial charge in [-0.1, -0.05) is 0 Å². The summed E-state index contributed by atoms with van der Waals surface area (Å²) in [4.78, 5) is 25.1. The van der Waals surface area contributed by atoms with E-state index in [1.165, 1.54) is 6.20 Å². The number of carbonyl (C=O) groups is 1. The van der Waals surface area contributed by atoms with Crippen LogP contribution in [0, 0.1) is 0 Å². The van der Waals surface area contributed by atoms with Crippen LogP contribution in [0.1, 0.15) is 32.7 Å². The Morgan fingerprint density at radius 2 is 1.62 bits per heavy atom. The van der Waals surface area contributed by atoms with Gasteiger partial charge in [-0.2, -0.15) is 41.8 Å². The number of alkyl halides is 6. The van der Waals surface area contributed by atoms with E-state index in [2.05, 4.69) is 35.6 Å². The van der Waals surface area contributed by atoms with Crippen molar-refractivity contribution in [2.75, 3.05) is 18.4 Å². The molecule has 4 aromatic rings. The zero-order valence-electron chi connectivity index (χ0n) is 19.8. The van der Waals surface area contributed by atoms with Crippen LogP contribution in [-0.2, 0) is 25.4 Å². The fraction of sp³-hybridized carbons (Fsp3) is 0.292. The number of nitrogens with zero attached hydrogens (tertiary/aromatic N) is 6. The van der Waals surface area contributed by atoms with Crippen LogP contribution in [0.4, 0.5) is 38.0 Å². The molecular formula is C24H18F6N8O. The average molecular weight is 548 g/mol. The molecule has 0 bridgehead atoms. The van der Waals surface area contributed by atoms with Crippen molar-refractivity contribution in [3.05, 3.63) is 70.5 Å². The first-order valence-corrected chi connectivity index (χ1v) is 11.7. The van der Waals surface area contributed by atoms with Gasteiger partial charge >= 0.3 is 12.4 Å². The number of carbonyl (C=O) groups excluding carboxylic acids is 1. The quantitative estimate of drug-likeness (QED) is 0.365. The summed E-state index contributed by atoms with van der Waals surface area (Å²) in [5, 5.41) is 12.9. The Morgan fingerprint density at radius 1 is 0.923 bits per heavy atom. The molecule has 0 atom stereocenters. The maximum absolute atomic E-state index is 13.2. The van der Waals surface area contributed by atoms with Gasteiger partial charge in [-0.15, -0.1) is 0 Å². The predicted molar refractivity (Wildman–Crippen MR) is 125 cm³/mol. The van der Waals surface area contributed by atoms with Gasteiger partial charge in [0, 0.05) is 55.2 Å². The molecule has 2 aromatic heterocycles. The third-order valence-corrected chi connectivity index (χ3v) is 6.75. The molecule has 39 heavy (non-hydrogen) atoms. The highest BCUT2D eigenvalue weighted by Gasteiger charge is 2.39. The first-order valence-electron chi connectivity index (χ1n) is 11.7. The molecule has 202 valence electrons. The molecule has 2 aliphatic rings. The van der Waals surface area contributed by atoms with Crippen molar-refractivity contribution in [1.29, 1.82) is 0 Å². The standard InChI is InChI=1S/C24H18F6N8O/c25-23(26,27)14-4-15(24(28,29)30)6-16(5-14)32-22-31-7-13-8-37(11-20(13)33-22)17-9-38(10-17)21(39)12-1-2-18-19(3-12)35-36-34-18/h1-7,17H,8-11H2,(H,31,32,33)(H,34,35,36). The van der Waals surface area contributed by atoms with Crippen LogP contribution in [0.3, 0.4) is 0 Å². The van der Waals surface area contributed by atoms with Crippen LogP contribution in [0.25, 0.3) is 11.0 Å². The summed E-state index contributed by atoms with van der Waals surface area (Å²) in [6.07, 6.45) is -8.42. The topological polar surface area (TPSA) is 103 Å². The van der Waals surface area contributed by atoms with Gasteiger partial charge in [0.05, 0.1) is 16.8 Å². The molecule has 15 heteroatoms. The minimum Gasteiger partial charge on any atom is -0.335 e. The molecule has 0 unspecified atom stereocenters. The molecule has 1 fully saturated rings. The smallest absolute Gasteiger partial charge is 0.335 e. The van der Waals surface area contributed by atoms with E-state index in [4.69, 9.17) is 0 Å². The molecule has 2 aliphatic heterocycles. The Morgan fingerprint density at radius 3 is 2.31 bits per heavy atom. The van der Waals surface area contributed by atoms with Crippen LogP contribution in [0.5, 0.6) is 0 Å². The van der Waals surface area contributed by atoms with Crippen molar-refractivity contribution in [1.82, 2.24) is 35.2 Å². The molecule has 2 N–H and O–H groups in total. The zero-order chi connectivity index (χ0) is 27.5. The van der Waals surface area contributed by atoms with Crippen LogP contribution in [-0.4, -0.2) is 60.2 Å². The van der Waals surface area contributed by atoms with Crippen LogP contribution in [0.15, 0.2) is 42.6 Å². The van der Waals surface area contributed by atoms with Gasteiger partial charge in [0.1, 0.15) is 11.0 Å². The van der Waals surface area contributed by atoms with Crippen molar-refractivity contribution in [2.45, 2.75) is 31.5 Å². The summed E-state index contributed by atoms with van der Waals surface area (Å²) in [6.45, 7) is 1.90. The Balaban J connectivity index is 1.12. The lowest BCUT2D eigenvalue weighted by atomic mass is 10.0. The monoisotopic (exact) mass is 548 g/mol. The molecule has 2 aromatic carbocycles. The van der Waals surface area contributed by atoms with Crippen molar-refractivity contribution in [3.8, 4) is 0 Å². The van der Waals surface area contributed by atoms with Gasteiger partial charge in [-0.25, -0.2) is 9.97 Å². The maximum atomic E-state index is 13.2. The Labute approximate surface area is 215 Å². The second kappa shape index (κ2) is 8.90. The summed E-state index contributed by atoms with van der Waals surface area (Å²) in [5.74, 6) is -0.241. The van der Waals surface area contributed by atoms with E-state index in [0.29, 0.717) is 60.6 Å². The molecule has 1 amide bonds. The summed E-state index contributed by atoms with van der Waals surface area (Å²) in [7, 11) is 0. The predicted octanol–water partition coefficient (Wildman–Crippen LogP) is 4.37. The molecule has 0 saturated carbocycles. The van der Waals surface area contributed by atoms with E-state index in [-0.39, 0.29) is 24.0 Å². The van der Waals surface area contributed by atoms with Gasteiger partial charge < -0.3 is 10.2 Å². The Hall–Kier alpha value is -4.27. The number of anilines is 2. The average Bonchev–Trinajstić information content (AvgIpc) is 3.47. The van der Waals surface area contributed by atoms with E-state index in [9.17, 15) is 31.1 Å². The normalized spacial score (nSPS) is 16.4. The number of nitrogens with one attached hydrogen (secondary N) is 2. The van der Waals surface area contributed by atoms with E-state index in [1.54, 1.807) is 23.1 Å². The number of hydrogen-bond acceptors (Lipinski definition) is 7. The van der Waals surface area contributed by atoms with E-state index < -0.39 is 29.2 Å². The summed E-state index contributed by atoms with van der Waals surface area (Å²) in [6, 6.07) is 6.37. The van der Waals surface area contributed by atoms with Crippen molar-refractivity contribution < 1.29 is 31.1 Å². The molecule has 6 rings (SSSR count). The number of aromatic amines is 1. The minimum atomic E-state index is -4.96. The lowest BCUT2D eigenvalue weighted by Crippen LogP contribution is -2.59. The maximum Gasteiger partial charge on any atom is 0.416 e. The largest absolute Gasteiger partial charge is 0.416 e. The molecule has 0 spiro atoms. The molecule has 9 nitrogen and oxygen atoms in total. The van der Waals surface area contributed by atoms with Crippen molar-refractivity contribution >= 4 is 28.6 Å². The third-order valence-electron chi connectivity index (χ3n) is 6.75. The summed E-state index contributed by atoms with van der Waals surface area (Å²) >= 11 is 0. The number of H-pyrrole nitrogens is 1. The fourth-order valence-electron chi connectivity index (χ4n) is 4.66. The summed E-state index contributed by atoms with van der Waals surface area (Å²) < 4.78 is 79.0. The molecule has 0 radical (unpaired) electrons. The highest BCUT2D eigenvalue weighted by Crippen LogP contribution is 2.38. The number of halogens is 6. The van der Waals surface area contributed by atoms with Gasteiger partial charge in [0.15, 0.2) is 0 Å². The lowest BCUT2D eigenvalue weighted by molar-refractivity contribution is -0.143. The van der Waals surface area contributed by atoms with Crippen molar-refractivity contribution in [2.24, 2.45) is 0 Å². The third kappa shape index (κ3) is 4.84. The first kappa shape index (κ1) is 25.0. The van der Waals surface area contributed by atoms with Gasteiger partial charge in [0.2, 0.25) is 5.95 Å². The second-order valence-electron chi connectivity index (χ2n) is 9.38. The number of fused-ring (bicyclic) bond motifs is 2. The highest BCUT2D eigenvalue weighted by atomic mass is 19.4. The van der Waals surface area contributed by atoms with E-state index in [1.807, 2.05) is 0 Å². The number of aromatic nitrogens is 5. The number of hydrogen-bond donors (Lipinski definition) is 2. The van der Waals surface area contributed by atoms with Crippen LogP contribution in [0.2, 0.25) is 0 Å². The fourth-order valence-corrected chi connectivity index (χ4v) is 4.66. The first-order chi connectivity index (χ1) is 18.4. The SMILES string of the molecule is O=C(c1ccc2n[nH]nc2c1)N1CC(N2Cc3cnc(Nc4cc(C(F)(F)F)cc(C(F)(F)F)c4)nc3C2)C1. The Bertz CT molecular complexity index is 1540. The Kier molecular flexibility index (Phi) is 5.71. The minimum absolute atomic E-state index is 0.0615. The van der Waals surface area contributed by atoms with Gasteiger partial charge in [-0.05, 0) is 36.4 Å². The molecule has 4 heterocycles. The van der Waals surface area contributed by atoms with E-state index in [0.717, 1.165) is 5.56 Å². The molecule has 1 saturated heterocycles.